The Kier molecular flexibility index (Phi) is 2.76. The summed E-state index contributed by atoms with van der Waals surface area (Å²) in [4.78, 5) is 16.6. The van der Waals surface area contributed by atoms with Crippen LogP contribution in [0.3, 0.4) is 0 Å². The Balaban J connectivity index is 2.16. The van der Waals surface area contributed by atoms with Gasteiger partial charge in [-0.1, -0.05) is 6.07 Å². The number of benzene rings is 1. The second kappa shape index (κ2) is 4.42. The molecule has 1 saturated heterocycles. The van der Waals surface area contributed by atoms with Gasteiger partial charge in [0.15, 0.2) is 0 Å². The van der Waals surface area contributed by atoms with Gasteiger partial charge in [-0.2, -0.15) is 0 Å². The Labute approximate surface area is 104 Å². The highest BCUT2D eigenvalue weighted by Crippen LogP contribution is 2.20. The molecule has 2 heterocycles. The molecule has 1 aromatic heterocycles. The fourth-order valence-corrected chi connectivity index (χ4v) is 2.49. The second-order valence-corrected chi connectivity index (χ2v) is 4.63. The molecule has 0 aliphatic carbocycles. The Morgan fingerprint density at radius 3 is 3.11 bits per heavy atom. The van der Waals surface area contributed by atoms with E-state index in [-0.39, 0.29) is 17.4 Å². The molecule has 3 rings (SSSR count). The molecule has 94 valence electrons. The standard InChI is InChI=1S/C13H15N3O2/c17-11-5-1-4-10-12(11)13(18)16(8-15-10)9-3-2-6-14-7-9/h1,4-5,8-9,14,17H,2-3,6-7H2. The minimum atomic E-state index is -0.160. The second-order valence-electron chi connectivity index (χ2n) is 4.63. The van der Waals surface area contributed by atoms with Gasteiger partial charge in [-0.05, 0) is 31.5 Å². The third kappa shape index (κ3) is 1.76. The van der Waals surface area contributed by atoms with Gasteiger partial charge in [-0.3, -0.25) is 9.36 Å². The Hall–Kier alpha value is -1.88. The summed E-state index contributed by atoms with van der Waals surface area (Å²) < 4.78 is 1.63. The molecule has 0 saturated carbocycles. The summed E-state index contributed by atoms with van der Waals surface area (Å²) in [6.45, 7) is 1.78. The highest BCUT2D eigenvalue weighted by Gasteiger charge is 2.18. The number of hydrogen-bond acceptors (Lipinski definition) is 4. The topological polar surface area (TPSA) is 67.1 Å². The lowest BCUT2D eigenvalue weighted by Gasteiger charge is -2.24. The van der Waals surface area contributed by atoms with Crippen LogP contribution in [0.5, 0.6) is 5.75 Å². The molecule has 1 aliphatic rings. The molecule has 1 aliphatic heterocycles. The molecule has 5 nitrogen and oxygen atoms in total. The third-order valence-corrected chi connectivity index (χ3v) is 3.45. The number of fused-ring (bicyclic) bond motifs is 1. The highest BCUT2D eigenvalue weighted by molar-refractivity contribution is 5.83. The minimum absolute atomic E-state index is 0.00289. The summed E-state index contributed by atoms with van der Waals surface area (Å²) in [6.07, 6.45) is 3.60. The zero-order chi connectivity index (χ0) is 12.5. The summed E-state index contributed by atoms with van der Waals surface area (Å²) in [6, 6.07) is 5.08. The van der Waals surface area contributed by atoms with E-state index in [2.05, 4.69) is 10.3 Å². The number of hydrogen-bond donors (Lipinski definition) is 2. The summed E-state index contributed by atoms with van der Waals surface area (Å²) in [5.74, 6) is 0.00289. The fraction of sp³-hybridized carbons (Fsp3) is 0.385. The molecule has 5 heteroatoms. The van der Waals surface area contributed by atoms with Crippen LogP contribution in [0.4, 0.5) is 0 Å². The first-order valence-corrected chi connectivity index (χ1v) is 6.17. The number of aromatic hydroxyl groups is 1. The van der Waals surface area contributed by atoms with Crippen molar-refractivity contribution in [3.05, 3.63) is 34.9 Å². The zero-order valence-corrected chi connectivity index (χ0v) is 9.97. The predicted octanol–water partition coefficient (Wildman–Crippen LogP) is 1.03. The summed E-state index contributed by atoms with van der Waals surface area (Å²) in [5, 5.41) is 13.4. The molecule has 1 fully saturated rings. The molecule has 0 bridgehead atoms. The minimum Gasteiger partial charge on any atom is -0.507 e. The predicted molar refractivity (Wildman–Crippen MR) is 68.8 cm³/mol. The number of nitrogens with zero attached hydrogens (tertiary/aromatic N) is 2. The first-order chi connectivity index (χ1) is 8.77. The van der Waals surface area contributed by atoms with Gasteiger partial charge in [0.05, 0.1) is 17.9 Å². The maximum absolute atomic E-state index is 12.4. The molecule has 0 amide bonds. The van der Waals surface area contributed by atoms with Gasteiger partial charge in [0, 0.05) is 6.54 Å². The SMILES string of the molecule is O=c1c2c(O)cccc2ncn1C1CCCNC1. The van der Waals surface area contributed by atoms with Gasteiger partial charge < -0.3 is 10.4 Å². The number of aromatic nitrogens is 2. The molecule has 0 spiro atoms. The smallest absolute Gasteiger partial charge is 0.265 e. The van der Waals surface area contributed by atoms with Gasteiger partial charge in [0.1, 0.15) is 11.1 Å². The van der Waals surface area contributed by atoms with Crippen LogP contribution in [0.15, 0.2) is 29.3 Å². The Morgan fingerprint density at radius 1 is 1.44 bits per heavy atom. The number of rotatable bonds is 1. The molecule has 2 N–H and O–H groups in total. The Bertz CT molecular complexity index is 630. The summed E-state index contributed by atoms with van der Waals surface area (Å²) in [5.41, 5.74) is 0.381. The van der Waals surface area contributed by atoms with Crippen molar-refractivity contribution in [3.63, 3.8) is 0 Å². The van der Waals surface area contributed by atoms with E-state index in [1.807, 2.05) is 0 Å². The third-order valence-electron chi connectivity index (χ3n) is 3.45. The van der Waals surface area contributed by atoms with Crippen molar-refractivity contribution < 1.29 is 5.11 Å². The van der Waals surface area contributed by atoms with Crippen LogP contribution in [0.1, 0.15) is 18.9 Å². The van der Waals surface area contributed by atoms with E-state index in [9.17, 15) is 9.90 Å². The fourth-order valence-electron chi connectivity index (χ4n) is 2.49. The molecule has 18 heavy (non-hydrogen) atoms. The van der Waals surface area contributed by atoms with E-state index in [1.165, 1.54) is 6.07 Å². The zero-order valence-electron chi connectivity index (χ0n) is 9.97. The average molecular weight is 245 g/mol. The maximum atomic E-state index is 12.4. The van der Waals surface area contributed by atoms with E-state index in [1.54, 1.807) is 23.0 Å². The molecular formula is C13H15N3O2. The largest absolute Gasteiger partial charge is 0.507 e. The molecule has 1 atom stereocenters. The van der Waals surface area contributed by atoms with Gasteiger partial charge in [-0.25, -0.2) is 4.98 Å². The first-order valence-electron chi connectivity index (χ1n) is 6.17. The van der Waals surface area contributed by atoms with Crippen LogP contribution < -0.4 is 10.9 Å². The van der Waals surface area contributed by atoms with Crippen LogP contribution in [-0.4, -0.2) is 27.7 Å². The van der Waals surface area contributed by atoms with Crippen LogP contribution in [-0.2, 0) is 0 Å². The van der Waals surface area contributed by atoms with Crippen molar-refractivity contribution in [2.45, 2.75) is 18.9 Å². The quantitative estimate of drug-likeness (QED) is 0.787. The van der Waals surface area contributed by atoms with Crippen molar-refractivity contribution in [1.82, 2.24) is 14.9 Å². The van der Waals surface area contributed by atoms with E-state index in [4.69, 9.17) is 0 Å². The molecule has 2 aromatic rings. The van der Waals surface area contributed by atoms with Gasteiger partial charge >= 0.3 is 0 Å². The van der Waals surface area contributed by atoms with Crippen molar-refractivity contribution in [1.29, 1.82) is 0 Å². The lowest BCUT2D eigenvalue weighted by Crippen LogP contribution is -2.36. The van der Waals surface area contributed by atoms with Crippen molar-refractivity contribution >= 4 is 10.9 Å². The van der Waals surface area contributed by atoms with E-state index in [0.717, 1.165) is 25.9 Å². The lowest BCUT2D eigenvalue weighted by atomic mass is 10.1. The van der Waals surface area contributed by atoms with Crippen LogP contribution >= 0.6 is 0 Å². The van der Waals surface area contributed by atoms with Gasteiger partial charge in [-0.15, -0.1) is 0 Å². The summed E-state index contributed by atoms with van der Waals surface area (Å²) in [7, 11) is 0. The van der Waals surface area contributed by atoms with E-state index in [0.29, 0.717) is 10.9 Å². The molecule has 1 aromatic carbocycles. The van der Waals surface area contributed by atoms with Crippen LogP contribution in [0.2, 0.25) is 0 Å². The van der Waals surface area contributed by atoms with Crippen molar-refractivity contribution in [3.8, 4) is 5.75 Å². The number of piperidine rings is 1. The van der Waals surface area contributed by atoms with E-state index >= 15 is 0 Å². The van der Waals surface area contributed by atoms with Crippen molar-refractivity contribution in [2.24, 2.45) is 0 Å². The number of phenolic OH excluding ortho intramolecular Hbond substituents is 1. The van der Waals surface area contributed by atoms with Crippen LogP contribution in [0, 0.1) is 0 Å². The summed E-state index contributed by atoms with van der Waals surface area (Å²) >= 11 is 0. The first kappa shape index (κ1) is 11.2. The highest BCUT2D eigenvalue weighted by atomic mass is 16.3. The average Bonchev–Trinajstić information content (AvgIpc) is 2.40. The molecule has 0 radical (unpaired) electrons. The Morgan fingerprint density at radius 2 is 2.33 bits per heavy atom. The van der Waals surface area contributed by atoms with Gasteiger partial charge in [0.2, 0.25) is 0 Å². The maximum Gasteiger partial charge on any atom is 0.265 e. The van der Waals surface area contributed by atoms with E-state index < -0.39 is 0 Å². The number of phenols is 1. The molecule has 1 unspecified atom stereocenters. The monoisotopic (exact) mass is 245 g/mol. The lowest BCUT2D eigenvalue weighted by molar-refractivity contribution is 0.362. The number of nitrogens with one attached hydrogen (secondary N) is 1. The van der Waals surface area contributed by atoms with Crippen molar-refractivity contribution in [2.75, 3.05) is 13.1 Å². The van der Waals surface area contributed by atoms with Crippen LogP contribution in [0.25, 0.3) is 10.9 Å². The normalized spacial score (nSPS) is 20.1. The molecular weight excluding hydrogens is 230 g/mol. The van der Waals surface area contributed by atoms with Gasteiger partial charge in [0.25, 0.3) is 5.56 Å².